The maximum atomic E-state index is 12.7. The molecule has 0 amide bonds. The maximum Gasteiger partial charge on any atom is 0.416 e. The third-order valence-corrected chi connectivity index (χ3v) is 4.45. The van der Waals surface area contributed by atoms with Gasteiger partial charge < -0.3 is 19.5 Å². The SMILES string of the molecule is COc1ccc(Oc2ccc(N(C)c3ccc(C(F)(F)F)cc3)cc2)c(C(=O)O)c1. The van der Waals surface area contributed by atoms with Gasteiger partial charge in [-0.1, -0.05) is 0 Å². The van der Waals surface area contributed by atoms with Gasteiger partial charge in [0.2, 0.25) is 0 Å². The number of aromatic carboxylic acids is 1. The van der Waals surface area contributed by atoms with Crippen molar-refractivity contribution < 1.29 is 32.5 Å². The van der Waals surface area contributed by atoms with Crippen LogP contribution >= 0.6 is 0 Å². The Hall–Kier alpha value is -3.68. The second-order valence-electron chi connectivity index (χ2n) is 6.37. The number of hydrogen-bond donors (Lipinski definition) is 1. The lowest BCUT2D eigenvalue weighted by Crippen LogP contribution is -2.10. The normalized spacial score (nSPS) is 11.1. The second kappa shape index (κ2) is 8.36. The third-order valence-electron chi connectivity index (χ3n) is 4.45. The molecule has 0 heterocycles. The van der Waals surface area contributed by atoms with Crippen LogP contribution in [0.1, 0.15) is 15.9 Å². The van der Waals surface area contributed by atoms with Crippen molar-refractivity contribution in [2.24, 2.45) is 0 Å². The van der Waals surface area contributed by atoms with E-state index in [9.17, 15) is 23.1 Å². The minimum atomic E-state index is -4.38. The highest BCUT2D eigenvalue weighted by molar-refractivity contribution is 5.91. The molecule has 0 fully saturated rings. The van der Waals surface area contributed by atoms with E-state index in [1.165, 1.54) is 31.4 Å². The van der Waals surface area contributed by atoms with Crippen LogP contribution in [0, 0.1) is 0 Å². The van der Waals surface area contributed by atoms with Crippen LogP contribution < -0.4 is 14.4 Å². The van der Waals surface area contributed by atoms with E-state index in [1.807, 2.05) is 0 Å². The van der Waals surface area contributed by atoms with Crippen LogP contribution in [-0.2, 0) is 6.18 Å². The highest BCUT2D eigenvalue weighted by atomic mass is 19.4. The van der Waals surface area contributed by atoms with Crippen molar-refractivity contribution in [3.05, 3.63) is 77.9 Å². The largest absolute Gasteiger partial charge is 0.497 e. The van der Waals surface area contributed by atoms with Crippen LogP contribution in [0.3, 0.4) is 0 Å². The first-order valence-corrected chi connectivity index (χ1v) is 8.79. The molecule has 0 aliphatic carbocycles. The number of halogens is 3. The van der Waals surface area contributed by atoms with Crippen molar-refractivity contribution in [2.75, 3.05) is 19.1 Å². The van der Waals surface area contributed by atoms with E-state index in [0.717, 1.165) is 17.8 Å². The van der Waals surface area contributed by atoms with E-state index < -0.39 is 17.7 Å². The summed E-state index contributed by atoms with van der Waals surface area (Å²) in [7, 11) is 3.16. The minimum Gasteiger partial charge on any atom is -0.497 e. The van der Waals surface area contributed by atoms with Crippen LogP contribution in [0.4, 0.5) is 24.5 Å². The molecule has 0 bridgehead atoms. The molecule has 0 aliphatic rings. The molecule has 0 aliphatic heterocycles. The summed E-state index contributed by atoms with van der Waals surface area (Å²) in [6, 6.07) is 16.0. The van der Waals surface area contributed by atoms with Crippen molar-refractivity contribution in [1.82, 2.24) is 0 Å². The molecule has 8 heteroatoms. The minimum absolute atomic E-state index is 0.0414. The summed E-state index contributed by atoms with van der Waals surface area (Å²) in [5, 5.41) is 9.36. The summed E-state index contributed by atoms with van der Waals surface area (Å²) in [5.74, 6) is -0.185. The first-order valence-electron chi connectivity index (χ1n) is 8.79. The predicted molar refractivity (Wildman–Crippen MR) is 106 cm³/mol. The fraction of sp³-hybridized carbons (Fsp3) is 0.136. The number of carboxylic acids is 1. The first kappa shape index (κ1) is 21.0. The van der Waals surface area contributed by atoms with Gasteiger partial charge in [0.15, 0.2) is 0 Å². The van der Waals surface area contributed by atoms with Gasteiger partial charge in [-0.05, 0) is 66.7 Å². The van der Waals surface area contributed by atoms with Gasteiger partial charge in [-0.3, -0.25) is 0 Å². The van der Waals surface area contributed by atoms with E-state index >= 15 is 0 Å². The van der Waals surface area contributed by atoms with Crippen LogP contribution in [-0.4, -0.2) is 25.2 Å². The number of rotatable bonds is 6. The molecular formula is C22H18F3NO4. The zero-order valence-corrected chi connectivity index (χ0v) is 16.1. The molecule has 3 aromatic rings. The fourth-order valence-corrected chi connectivity index (χ4v) is 2.78. The Balaban J connectivity index is 1.77. The van der Waals surface area contributed by atoms with Crippen molar-refractivity contribution in [1.29, 1.82) is 0 Å². The first-order chi connectivity index (χ1) is 14.2. The molecule has 30 heavy (non-hydrogen) atoms. The summed E-state index contributed by atoms with van der Waals surface area (Å²) < 4.78 is 48.9. The number of carbonyl (C=O) groups is 1. The monoisotopic (exact) mass is 417 g/mol. The molecule has 0 saturated carbocycles. The summed E-state index contributed by atoms with van der Waals surface area (Å²) in [4.78, 5) is 13.2. The van der Waals surface area contributed by atoms with Crippen molar-refractivity contribution in [3.8, 4) is 17.2 Å². The number of hydrogen-bond acceptors (Lipinski definition) is 4. The molecule has 3 rings (SSSR count). The Labute approximate surface area is 170 Å². The standard InChI is InChI=1S/C22H18F3NO4/c1-26(15-5-3-14(4-6-15)22(23,24)25)16-7-9-17(10-8-16)30-20-12-11-18(29-2)13-19(20)21(27)28/h3-13H,1-2H3,(H,27,28). The van der Waals surface area contributed by atoms with E-state index in [4.69, 9.17) is 9.47 Å². The Morgan fingerprint density at radius 2 is 1.43 bits per heavy atom. The number of nitrogens with zero attached hydrogens (tertiary/aromatic N) is 1. The van der Waals surface area contributed by atoms with Crippen molar-refractivity contribution in [3.63, 3.8) is 0 Å². The lowest BCUT2D eigenvalue weighted by molar-refractivity contribution is -0.137. The molecule has 0 saturated heterocycles. The molecule has 156 valence electrons. The lowest BCUT2D eigenvalue weighted by Gasteiger charge is -2.20. The molecule has 0 atom stereocenters. The number of benzene rings is 3. The van der Waals surface area contributed by atoms with Gasteiger partial charge in [-0.15, -0.1) is 0 Å². The van der Waals surface area contributed by atoms with Crippen molar-refractivity contribution >= 4 is 17.3 Å². The quantitative estimate of drug-likeness (QED) is 0.535. The Bertz CT molecular complexity index is 1030. The second-order valence-corrected chi connectivity index (χ2v) is 6.37. The zero-order valence-electron chi connectivity index (χ0n) is 16.1. The zero-order chi connectivity index (χ0) is 21.9. The smallest absolute Gasteiger partial charge is 0.416 e. The summed E-state index contributed by atoms with van der Waals surface area (Å²) in [5.41, 5.74) is 0.549. The van der Waals surface area contributed by atoms with Crippen LogP contribution in [0.15, 0.2) is 66.7 Å². The predicted octanol–water partition coefficient (Wildman–Crippen LogP) is 5.97. The van der Waals surface area contributed by atoms with E-state index in [-0.39, 0.29) is 11.3 Å². The number of ether oxygens (including phenoxy) is 2. The molecule has 0 spiro atoms. The highest BCUT2D eigenvalue weighted by Gasteiger charge is 2.30. The average molecular weight is 417 g/mol. The fourth-order valence-electron chi connectivity index (χ4n) is 2.78. The van der Waals surface area contributed by atoms with E-state index in [1.54, 1.807) is 42.3 Å². The molecular weight excluding hydrogens is 399 g/mol. The van der Waals surface area contributed by atoms with Crippen LogP contribution in [0.5, 0.6) is 17.2 Å². The third kappa shape index (κ3) is 4.65. The van der Waals surface area contributed by atoms with Gasteiger partial charge in [-0.25, -0.2) is 4.79 Å². The number of anilines is 2. The van der Waals surface area contributed by atoms with E-state index in [2.05, 4.69) is 0 Å². The molecule has 0 aromatic heterocycles. The van der Waals surface area contributed by atoms with Crippen LogP contribution in [0.2, 0.25) is 0 Å². The van der Waals surface area contributed by atoms with Crippen LogP contribution in [0.25, 0.3) is 0 Å². The lowest BCUT2D eigenvalue weighted by atomic mass is 10.1. The summed E-state index contributed by atoms with van der Waals surface area (Å²) >= 11 is 0. The van der Waals surface area contributed by atoms with Gasteiger partial charge in [0.1, 0.15) is 22.8 Å². The molecule has 1 N–H and O–H groups in total. The van der Waals surface area contributed by atoms with Gasteiger partial charge in [-0.2, -0.15) is 13.2 Å². The Morgan fingerprint density at radius 3 is 1.93 bits per heavy atom. The van der Waals surface area contributed by atoms with Gasteiger partial charge in [0, 0.05) is 18.4 Å². The topological polar surface area (TPSA) is 59.0 Å². The van der Waals surface area contributed by atoms with Crippen molar-refractivity contribution in [2.45, 2.75) is 6.18 Å². The van der Waals surface area contributed by atoms with Gasteiger partial charge in [0.25, 0.3) is 0 Å². The van der Waals surface area contributed by atoms with E-state index in [0.29, 0.717) is 17.2 Å². The Morgan fingerprint density at radius 1 is 0.900 bits per heavy atom. The van der Waals surface area contributed by atoms with Gasteiger partial charge >= 0.3 is 12.1 Å². The van der Waals surface area contributed by atoms with Gasteiger partial charge in [0.05, 0.1) is 12.7 Å². The molecule has 5 nitrogen and oxygen atoms in total. The number of methoxy groups -OCH3 is 1. The molecule has 0 unspecified atom stereocenters. The highest BCUT2D eigenvalue weighted by Crippen LogP contribution is 2.33. The maximum absolute atomic E-state index is 12.7. The Kier molecular flexibility index (Phi) is 5.86. The number of carboxylic acid groups (broad SMARTS) is 1. The molecule has 0 radical (unpaired) electrons. The average Bonchev–Trinajstić information content (AvgIpc) is 2.73. The number of alkyl halides is 3. The summed E-state index contributed by atoms with van der Waals surface area (Å²) in [6.45, 7) is 0. The summed E-state index contributed by atoms with van der Waals surface area (Å²) in [6.07, 6.45) is -4.38. The molecule has 3 aromatic carbocycles.